The molecule has 35 heavy (non-hydrogen) atoms. The first-order valence-electron chi connectivity index (χ1n) is 12.1. The lowest BCUT2D eigenvalue weighted by Crippen LogP contribution is -2.40. The van der Waals surface area contributed by atoms with E-state index in [1.165, 1.54) is 0 Å². The minimum atomic E-state index is -0.612. The molecule has 0 spiro atoms. The van der Waals surface area contributed by atoms with E-state index in [1.807, 2.05) is 70.3 Å². The van der Waals surface area contributed by atoms with Gasteiger partial charge in [-0.05, 0) is 58.9 Å². The van der Waals surface area contributed by atoms with Crippen molar-refractivity contribution < 1.29 is 19.3 Å². The van der Waals surface area contributed by atoms with Gasteiger partial charge < -0.3 is 19.3 Å². The standard InChI is InChI=1S/C28H39N3O4/c1-20(2)31(17-22(32)19-34-28(3,4)5)18-25-26(21-11-9-8-10-12-21)29-30(6)27(25)35-24-15-13-23(33-7)14-16-24/h8-16,20,22,32H,17-19H2,1-7H3/t22-/m1/s1. The summed E-state index contributed by atoms with van der Waals surface area (Å²) in [5, 5.41) is 15.5. The summed E-state index contributed by atoms with van der Waals surface area (Å²) in [6.07, 6.45) is -0.612. The number of hydrogen-bond acceptors (Lipinski definition) is 6. The highest BCUT2D eigenvalue weighted by Gasteiger charge is 2.25. The summed E-state index contributed by atoms with van der Waals surface area (Å²) in [5.41, 5.74) is 2.55. The van der Waals surface area contributed by atoms with Crippen LogP contribution < -0.4 is 9.47 Å². The first kappa shape index (κ1) is 26.7. The second kappa shape index (κ2) is 11.7. The van der Waals surface area contributed by atoms with Crippen LogP contribution in [-0.2, 0) is 18.3 Å². The largest absolute Gasteiger partial charge is 0.497 e. The lowest BCUT2D eigenvalue weighted by Gasteiger charge is -2.30. The molecule has 0 aliphatic rings. The molecule has 7 heteroatoms. The molecule has 0 saturated carbocycles. The van der Waals surface area contributed by atoms with E-state index in [9.17, 15) is 5.11 Å². The number of aliphatic hydroxyl groups excluding tert-OH is 1. The van der Waals surface area contributed by atoms with E-state index in [0.29, 0.717) is 24.7 Å². The highest BCUT2D eigenvalue weighted by atomic mass is 16.5. The number of nitrogens with zero attached hydrogens (tertiary/aromatic N) is 3. The molecule has 0 bridgehead atoms. The van der Waals surface area contributed by atoms with Gasteiger partial charge in [-0.3, -0.25) is 4.90 Å². The predicted molar refractivity (Wildman–Crippen MR) is 139 cm³/mol. The third kappa shape index (κ3) is 7.56. The second-order valence-electron chi connectivity index (χ2n) is 10.00. The van der Waals surface area contributed by atoms with Gasteiger partial charge in [0.15, 0.2) is 0 Å². The molecule has 1 N–H and O–H groups in total. The van der Waals surface area contributed by atoms with Crippen molar-refractivity contribution in [3.63, 3.8) is 0 Å². The molecule has 3 rings (SSSR count). The van der Waals surface area contributed by atoms with Gasteiger partial charge in [0.2, 0.25) is 5.88 Å². The average Bonchev–Trinajstić information content (AvgIpc) is 3.12. The highest BCUT2D eigenvalue weighted by Crippen LogP contribution is 2.35. The normalized spacial score (nSPS) is 12.9. The molecule has 0 aliphatic carbocycles. The summed E-state index contributed by atoms with van der Waals surface area (Å²) in [7, 11) is 3.53. The Morgan fingerprint density at radius 2 is 1.63 bits per heavy atom. The van der Waals surface area contributed by atoms with Gasteiger partial charge in [0.1, 0.15) is 17.2 Å². The summed E-state index contributed by atoms with van der Waals surface area (Å²) in [6.45, 7) is 11.5. The van der Waals surface area contributed by atoms with Crippen molar-refractivity contribution in [2.24, 2.45) is 7.05 Å². The Kier molecular flexibility index (Phi) is 8.94. The number of aryl methyl sites for hydroxylation is 1. The number of aromatic nitrogens is 2. The van der Waals surface area contributed by atoms with Gasteiger partial charge in [0, 0.05) is 31.7 Å². The molecule has 3 aromatic rings. The fourth-order valence-corrected chi connectivity index (χ4v) is 3.74. The quantitative estimate of drug-likeness (QED) is 0.402. The molecular weight excluding hydrogens is 442 g/mol. The van der Waals surface area contributed by atoms with Crippen LogP contribution in [0.5, 0.6) is 17.4 Å². The van der Waals surface area contributed by atoms with Crippen LogP contribution in [0.1, 0.15) is 40.2 Å². The second-order valence-corrected chi connectivity index (χ2v) is 10.00. The summed E-state index contributed by atoms with van der Waals surface area (Å²) >= 11 is 0. The van der Waals surface area contributed by atoms with E-state index in [2.05, 4.69) is 30.9 Å². The lowest BCUT2D eigenvalue weighted by atomic mass is 10.1. The van der Waals surface area contributed by atoms with Crippen LogP contribution in [-0.4, -0.2) is 57.8 Å². The fraction of sp³-hybridized carbons (Fsp3) is 0.464. The molecule has 0 aliphatic heterocycles. The van der Waals surface area contributed by atoms with Gasteiger partial charge in [-0.15, -0.1) is 0 Å². The lowest BCUT2D eigenvalue weighted by molar-refractivity contribution is -0.0587. The Bertz CT molecular complexity index is 1060. The first-order valence-corrected chi connectivity index (χ1v) is 12.1. The summed E-state index contributed by atoms with van der Waals surface area (Å²) in [6, 6.07) is 17.8. The summed E-state index contributed by atoms with van der Waals surface area (Å²) in [4.78, 5) is 2.22. The molecule has 1 aromatic heterocycles. The molecule has 0 unspecified atom stereocenters. The van der Waals surface area contributed by atoms with E-state index in [4.69, 9.17) is 19.3 Å². The van der Waals surface area contributed by atoms with Crippen LogP contribution in [0.25, 0.3) is 11.3 Å². The Hall–Kier alpha value is -2.87. The molecule has 0 fully saturated rings. The monoisotopic (exact) mass is 481 g/mol. The maximum absolute atomic E-state index is 10.7. The maximum atomic E-state index is 10.7. The number of methoxy groups -OCH3 is 1. The molecule has 1 heterocycles. The third-order valence-electron chi connectivity index (χ3n) is 5.65. The van der Waals surface area contributed by atoms with Crippen molar-refractivity contribution in [2.45, 2.75) is 58.9 Å². The van der Waals surface area contributed by atoms with Crippen molar-refractivity contribution in [1.82, 2.24) is 14.7 Å². The molecule has 190 valence electrons. The maximum Gasteiger partial charge on any atom is 0.222 e. The minimum Gasteiger partial charge on any atom is -0.497 e. The van der Waals surface area contributed by atoms with Crippen molar-refractivity contribution in [2.75, 3.05) is 20.3 Å². The zero-order valence-electron chi connectivity index (χ0n) is 22.0. The van der Waals surface area contributed by atoms with Crippen LogP contribution >= 0.6 is 0 Å². The van der Waals surface area contributed by atoms with Crippen LogP contribution in [0.15, 0.2) is 54.6 Å². The van der Waals surface area contributed by atoms with Crippen molar-refractivity contribution >= 4 is 0 Å². The molecule has 0 radical (unpaired) electrons. The van der Waals surface area contributed by atoms with E-state index >= 15 is 0 Å². The van der Waals surface area contributed by atoms with Gasteiger partial charge in [0.05, 0.1) is 31.0 Å². The Morgan fingerprint density at radius 1 is 1.00 bits per heavy atom. The third-order valence-corrected chi connectivity index (χ3v) is 5.65. The molecule has 7 nitrogen and oxygen atoms in total. The SMILES string of the molecule is COc1ccc(Oc2c(CN(C[C@@H](O)COC(C)(C)C)C(C)C)c(-c3ccccc3)nn2C)cc1. The Balaban J connectivity index is 1.93. The zero-order valence-corrected chi connectivity index (χ0v) is 22.0. The zero-order chi connectivity index (χ0) is 25.6. The van der Waals surface area contributed by atoms with E-state index < -0.39 is 6.10 Å². The molecule has 0 saturated heterocycles. The Morgan fingerprint density at radius 3 is 2.20 bits per heavy atom. The van der Waals surface area contributed by atoms with E-state index in [-0.39, 0.29) is 18.2 Å². The Labute approximate surface area is 209 Å². The minimum absolute atomic E-state index is 0.192. The van der Waals surface area contributed by atoms with Crippen molar-refractivity contribution in [3.05, 3.63) is 60.2 Å². The summed E-state index contributed by atoms with van der Waals surface area (Å²) in [5.74, 6) is 2.13. The van der Waals surface area contributed by atoms with E-state index in [0.717, 1.165) is 22.6 Å². The van der Waals surface area contributed by atoms with Crippen molar-refractivity contribution in [3.8, 4) is 28.6 Å². The van der Waals surface area contributed by atoms with Crippen molar-refractivity contribution in [1.29, 1.82) is 0 Å². The predicted octanol–water partition coefficient (Wildman–Crippen LogP) is 5.27. The molecule has 1 atom stereocenters. The van der Waals surface area contributed by atoms with Gasteiger partial charge >= 0.3 is 0 Å². The number of hydrogen-bond donors (Lipinski definition) is 1. The fourth-order valence-electron chi connectivity index (χ4n) is 3.74. The van der Waals surface area contributed by atoms with Crippen LogP contribution in [0, 0.1) is 0 Å². The molecule has 0 amide bonds. The first-order chi connectivity index (χ1) is 16.6. The number of rotatable bonds is 11. The van der Waals surface area contributed by atoms with Crippen LogP contribution in [0.3, 0.4) is 0 Å². The average molecular weight is 482 g/mol. The number of benzene rings is 2. The number of ether oxygens (including phenoxy) is 3. The topological polar surface area (TPSA) is 69.0 Å². The van der Waals surface area contributed by atoms with Gasteiger partial charge in [-0.2, -0.15) is 5.10 Å². The van der Waals surface area contributed by atoms with Crippen LogP contribution in [0.2, 0.25) is 0 Å². The molecule has 2 aromatic carbocycles. The number of aliphatic hydroxyl groups is 1. The van der Waals surface area contributed by atoms with Gasteiger partial charge in [-0.25, -0.2) is 4.68 Å². The van der Waals surface area contributed by atoms with Gasteiger partial charge in [0.25, 0.3) is 0 Å². The van der Waals surface area contributed by atoms with Gasteiger partial charge in [-0.1, -0.05) is 30.3 Å². The summed E-state index contributed by atoms with van der Waals surface area (Å²) < 4.78 is 19.2. The van der Waals surface area contributed by atoms with E-state index in [1.54, 1.807) is 11.8 Å². The highest BCUT2D eigenvalue weighted by molar-refractivity contribution is 5.65. The smallest absolute Gasteiger partial charge is 0.222 e. The molecular formula is C28H39N3O4. The van der Waals surface area contributed by atoms with Crippen LogP contribution in [0.4, 0.5) is 0 Å².